The van der Waals surface area contributed by atoms with Crippen LogP contribution in [0.4, 0.5) is 15.8 Å². The maximum atomic E-state index is 13.9. The molecule has 0 atom stereocenters. The molecule has 0 saturated carbocycles. The number of carbonyl (C=O) groups is 1. The summed E-state index contributed by atoms with van der Waals surface area (Å²) in [5.41, 5.74) is 2.49. The Morgan fingerprint density at radius 2 is 1.88 bits per heavy atom. The van der Waals surface area contributed by atoms with Crippen LogP contribution in [0.15, 0.2) is 46.9 Å². The van der Waals surface area contributed by atoms with Crippen molar-refractivity contribution in [2.75, 3.05) is 42.9 Å². The monoisotopic (exact) mass is 405 g/mol. The summed E-state index contributed by atoms with van der Waals surface area (Å²) >= 11 is 3.42. The van der Waals surface area contributed by atoms with Gasteiger partial charge in [0.15, 0.2) is 0 Å². The molecule has 0 spiro atoms. The zero-order chi connectivity index (χ0) is 17.8. The second-order valence-corrected chi connectivity index (χ2v) is 7.14. The Labute approximate surface area is 155 Å². The van der Waals surface area contributed by atoms with Gasteiger partial charge in [0.2, 0.25) is 5.91 Å². The van der Waals surface area contributed by atoms with Gasteiger partial charge in [-0.2, -0.15) is 0 Å². The van der Waals surface area contributed by atoms with Gasteiger partial charge in [-0.1, -0.05) is 28.1 Å². The molecule has 1 N–H and O–H groups in total. The Morgan fingerprint density at radius 3 is 2.56 bits per heavy atom. The standard InChI is InChI=1S/C19H21BrFN3O/c1-14-12-15(20)6-7-17(14)22-19(25)13-23-8-10-24(11-9-23)18-5-3-2-4-16(18)21/h2-7,12H,8-11,13H2,1H3,(H,22,25). The number of hydrogen-bond acceptors (Lipinski definition) is 3. The van der Waals surface area contributed by atoms with Gasteiger partial charge in [0.25, 0.3) is 0 Å². The van der Waals surface area contributed by atoms with E-state index in [1.807, 2.05) is 36.1 Å². The van der Waals surface area contributed by atoms with E-state index in [1.165, 1.54) is 6.07 Å². The molecule has 6 heteroatoms. The van der Waals surface area contributed by atoms with Gasteiger partial charge in [0.05, 0.1) is 12.2 Å². The van der Waals surface area contributed by atoms with Gasteiger partial charge < -0.3 is 10.2 Å². The predicted molar refractivity (Wildman–Crippen MR) is 103 cm³/mol. The highest BCUT2D eigenvalue weighted by molar-refractivity contribution is 9.10. The van der Waals surface area contributed by atoms with E-state index in [-0.39, 0.29) is 11.7 Å². The van der Waals surface area contributed by atoms with Gasteiger partial charge in [-0.3, -0.25) is 9.69 Å². The maximum Gasteiger partial charge on any atom is 0.238 e. The quantitative estimate of drug-likeness (QED) is 0.842. The number of para-hydroxylation sites is 1. The lowest BCUT2D eigenvalue weighted by molar-refractivity contribution is -0.117. The van der Waals surface area contributed by atoms with Crippen molar-refractivity contribution in [2.45, 2.75) is 6.92 Å². The summed E-state index contributed by atoms with van der Waals surface area (Å²) in [4.78, 5) is 16.4. The molecular weight excluding hydrogens is 385 g/mol. The molecule has 0 aliphatic carbocycles. The molecule has 0 radical (unpaired) electrons. The number of piperazine rings is 1. The van der Waals surface area contributed by atoms with Crippen molar-refractivity contribution >= 4 is 33.2 Å². The average molecular weight is 406 g/mol. The molecule has 1 aliphatic rings. The van der Waals surface area contributed by atoms with E-state index in [4.69, 9.17) is 0 Å². The van der Waals surface area contributed by atoms with Crippen LogP contribution in [0.2, 0.25) is 0 Å². The number of anilines is 2. The average Bonchev–Trinajstić information content (AvgIpc) is 2.59. The molecular formula is C19H21BrFN3O. The number of aryl methyl sites for hydroxylation is 1. The lowest BCUT2D eigenvalue weighted by Gasteiger charge is -2.35. The van der Waals surface area contributed by atoms with E-state index in [0.717, 1.165) is 28.8 Å². The summed E-state index contributed by atoms with van der Waals surface area (Å²) in [5.74, 6) is -0.218. The van der Waals surface area contributed by atoms with E-state index in [1.54, 1.807) is 12.1 Å². The van der Waals surface area contributed by atoms with Crippen molar-refractivity contribution in [3.63, 3.8) is 0 Å². The molecule has 1 amide bonds. The predicted octanol–water partition coefficient (Wildman–Crippen LogP) is 3.66. The molecule has 1 saturated heterocycles. The van der Waals surface area contributed by atoms with E-state index >= 15 is 0 Å². The molecule has 0 unspecified atom stereocenters. The van der Waals surface area contributed by atoms with Crippen molar-refractivity contribution in [2.24, 2.45) is 0 Å². The third-order valence-electron chi connectivity index (χ3n) is 4.40. The van der Waals surface area contributed by atoms with Gasteiger partial charge in [0, 0.05) is 36.3 Å². The highest BCUT2D eigenvalue weighted by Crippen LogP contribution is 2.21. The van der Waals surface area contributed by atoms with Crippen LogP contribution in [0.5, 0.6) is 0 Å². The van der Waals surface area contributed by atoms with Crippen molar-refractivity contribution < 1.29 is 9.18 Å². The van der Waals surface area contributed by atoms with E-state index < -0.39 is 0 Å². The van der Waals surface area contributed by atoms with Gasteiger partial charge in [0.1, 0.15) is 5.82 Å². The number of nitrogens with zero attached hydrogens (tertiary/aromatic N) is 2. The lowest BCUT2D eigenvalue weighted by Crippen LogP contribution is -2.48. The van der Waals surface area contributed by atoms with Crippen LogP contribution in [-0.4, -0.2) is 43.5 Å². The molecule has 2 aromatic rings. The van der Waals surface area contributed by atoms with Crippen molar-refractivity contribution in [1.82, 2.24) is 4.90 Å². The first-order chi connectivity index (χ1) is 12.0. The number of hydrogen-bond donors (Lipinski definition) is 1. The number of carbonyl (C=O) groups excluding carboxylic acids is 1. The number of halogens is 2. The third kappa shape index (κ3) is 4.58. The third-order valence-corrected chi connectivity index (χ3v) is 4.89. The molecule has 3 rings (SSSR count). The van der Waals surface area contributed by atoms with Crippen LogP contribution in [0, 0.1) is 12.7 Å². The Kier molecular flexibility index (Phi) is 5.71. The normalized spacial score (nSPS) is 15.2. The van der Waals surface area contributed by atoms with Gasteiger partial charge in [-0.25, -0.2) is 4.39 Å². The number of benzene rings is 2. The van der Waals surface area contributed by atoms with Gasteiger partial charge >= 0.3 is 0 Å². The van der Waals surface area contributed by atoms with E-state index in [2.05, 4.69) is 26.1 Å². The van der Waals surface area contributed by atoms with Crippen LogP contribution in [0.3, 0.4) is 0 Å². The molecule has 0 aromatic heterocycles. The molecule has 132 valence electrons. The summed E-state index contributed by atoms with van der Waals surface area (Å²) in [5, 5.41) is 2.96. The largest absolute Gasteiger partial charge is 0.367 e. The minimum atomic E-state index is -0.195. The number of amides is 1. The fourth-order valence-corrected chi connectivity index (χ4v) is 3.49. The van der Waals surface area contributed by atoms with Crippen LogP contribution in [0.1, 0.15) is 5.56 Å². The Bertz CT molecular complexity index is 760. The maximum absolute atomic E-state index is 13.9. The first kappa shape index (κ1) is 17.9. The van der Waals surface area contributed by atoms with E-state index in [0.29, 0.717) is 25.3 Å². The van der Waals surface area contributed by atoms with Gasteiger partial charge in [-0.15, -0.1) is 0 Å². The number of nitrogens with one attached hydrogen (secondary N) is 1. The molecule has 1 aliphatic heterocycles. The zero-order valence-corrected chi connectivity index (χ0v) is 15.7. The van der Waals surface area contributed by atoms with Crippen LogP contribution in [0.25, 0.3) is 0 Å². The smallest absolute Gasteiger partial charge is 0.238 e. The highest BCUT2D eigenvalue weighted by atomic mass is 79.9. The summed E-state index contributed by atoms with van der Waals surface area (Å²) in [6.07, 6.45) is 0. The molecule has 2 aromatic carbocycles. The first-order valence-corrected chi connectivity index (χ1v) is 9.10. The Hall–Kier alpha value is -1.92. The van der Waals surface area contributed by atoms with Gasteiger partial charge in [-0.05, 0) is 42.8 Å². The Morgan fingerprint density at radius 1 is 1.16 bits per heavy atom. The summed E-state index contributed by atoms with van der Waals surface area (Å²) in [6.45, 7) is 5.22. The fraction of sp³-hybridized carbons (Fsp3) is 0.316. The molecule has 25 heavy (non-hydrogen) atoms. The minimum Gasteiger partial charge on any atom is -0.367 e. The lowest BCUT2D eigenvalue weighted by atomic mass is 10.2. The highest BCUT2D eigenvalue weighted by Gasteiger charge is 2.21. The molecule has 0 bridgehead atoms. The summed E-state index contributed by atoms with van der Waals surface area (Å²) in [7, 11) is 0. The summed E-state index contributed by atoms with van der Waals surface area (Å²) in [6, 6.07) is 12.6. The molecule has 1 fully saturated rings. The van der Waals surface area contributed by atoms with E-state index in [9.17, 15) is 9.18 Å². The fourth-order valence-electron chi connectivity index (χ4n) is 3.02. The first-order valence-electron chi connectivity index (χ1n) is 8.31. The van der Waals surface area contributed by atoms with Crippen molar-refractivity contribution in [3.8, 4) is 0 Å². The van der Waals surface area contributed by atoms with Crippen molar-refractivity contribution in [3.05, 3.63) is 58.3 Å². The number of rotatable bonds is 4. The SMILES string of the molecule is Cc1cc(Br)ccc1NC(=O)CN1CCN(c2ccccc2F)CC1. The topological polar surface area (TPSA) is 35.6 Å². The molecule has 1 heterocycles. The Balaban J connectivity index is 1.52. The van der Waals surface area contributed by atoms with Crippen LogP contribution >= 0.6 is 15.9 Å². The zero-order valence-electron chi connectivity index (χ0n) is 14.1. The molecule has 4 nitrogen and oxygen atoms in total. The van der Waals surface area contributed by atoms with Crippen molar-refractivity contribution in [1.29, 1.82) is 0 Å². The second kappa shape index (κ2) is 7.97. The second-order valence-electron chi connectivity index (χ2n) is 6.22. The minimum absolute atomic E-state index is 0.0234. The van der Waals surface area contributed by atoms with Crippen LogP contribution in [-0.2, 0) is 4.79 Å². The van der Waals surface area contributed by atoms with Crippen LogP contribution < -0.4 is 10.2 Å². The summed E-state index contributed by atoms with van der Waals surface area (Å²) < 4.78 is 14.9.